The topological polar surface area (TPSA) is 76.1 Å². The quantitative estimate of drug-likeness (QED) is 0.725. The number of alkyl halides is 1. The van der Waals surface area contributed by atoms with Crippen molar-refractivity contribution < 1.29 is 28.6 Å². The number of likely N-dealkylation sites (tertiary alicyclic amines) is 1. The summed E-state index contributed by atoms with van der Waals surface area (Å²) >= 11 is 0. The first-order valence-corrected chi connectivity index (χ1v) is 6.91. The van der Waals surface area contributed by atoms with Gasteiger partial charge in [-0.3, -0.25) is 4.79 Å². The molecule has 2 atom stereocenters. The van der Waals surface area contributed by atoms with Crippen molar-refractivity contribution in [3.8, 4) is 0 Å². The lowest BCUT2D eigenvalue weighted by atomic mass is 10.1. The predicted octanol–water partition coefficient (Wildman–Crippen LogP) is 0.597. The Morgan fingerprint density at radius 1 is 1.50 bits per heavy atom. The largest absolute Gasteiger partial charge is 0.479 e. The van der Waals surface area contributed by atoms with E-state index in [4.69, 9.17) is 14.6 Å². The summed E-state index contributed by atoms with van der Waals surface area (Å²) in [5.41, 5.74) is -2.30. The molecule has 0 bridgehead atoms. The number of rotatable bonds is 6. The molecule has 2 aliphatic heterocycles. The lowest BCUT2D eigenvalue weighted by Crippen LogP contribution is -2.39. The molecule has 2 aliphatic rings. The Labute approximate surface area is 116 Å². The van der Waals surface area contributed by atoms with E-state index in [1.807, 2.05) is 0 Å². The Kier molecular flexibility index (Phi) is 4.93. The molecule has 2 rings (SSSR count). The number of carbonyl (C=O) groups is 2. The molecule has 0 aromatic carbocycles. The molecular weight excluding hydrogens is 269 g/mol. The van der Waals surface area contributed by atoms with Crippen molar-refractivity contribution >= 4 is 11.9 Å². The molecule has 0 aromatic rings. The number of aliphatic carboxylic acids is 1. The van der Waals surface area contributed by atoms with Gasteiger partial charge < -0.3 is 19.5 Å². The predicted molar refractivity (Wildman–Crippen MR) is 67.1 cm³/mol. The second-order valence-corrected chi connectivity index (χ2v) is 5.30. The lowest BCUT2D eigenvalue weighted by molar-refractivity contribution is -0.150. The van der Waals surface area contributed by atoms with Crippen molar-refractivity contribution in [3.05, 3.63) is 0 Å². The van der Waals surface area contributed by atoms with Gasteiger partial charge in [0.1, 0.15) is 0 Å². The zero-order valence-corrected chi connectivity index (χ0v) is 11.3. The Morgan fingerprint density at radius 2 is 2.30 bits per heavy atom. The normalized spacial score (nSPS) is 29.9. The smallest absolute Gasteiger partial charge is 0.343 e. The van der Waals surface area contributed by atoms with Gasteiger partial charge in [0.25, 0.3) is 0 Å². The van der Waals surface area contributed by atoms with Gasteiger partial charge in [-0.15, -0.1) is 0 Å². The van der Waals surface area contributed by atoms with Crippen molar-refractivity contribution in [2.75, 3.05) is 32.9 Å². The van der Waals surface area contributed by atoms with Crippen LogP contribution in [0.4, 0.5) is 4.39 Å². The van der Waals surface area contributed by atoms with Gasteiger partial charge in [0.05, 0.1) is 32.3 Å². The third kappa shape index (κ3) is 3.67. The van der Waals surface area contributed by atoms with Crippen LogP contribution in [0.3, 0.4) is 0 Å². The third-order valence-electron chi connectivity index (χ3n) is 3.74. The molecular formula is C13H20FNO5. The van der Waals surface area contributed by atoms with Gasteiger partial charge in [0.2, 0.25) is 11.6 Å². The van der Waals surface area contributed by atoms with E-state index in [-0.39, 0.29) is 44.5 Å². The van der Waals surface area contributed by atoms with Crippen molar-refractivity contribution in [3.63, 3.8) is 0 Å². The monoisotopic (exact) mass is 289 g/mol. The number of halogens is 1. The second kappa shape index (κ2) is 6.49. The fourth-order valence-electron chi connectivity index (χ4n) is 2.47. The Bertz CT molecular complexity index is 372. The average molecular weight is 289 g/mol. The van der Waals surface area contributed by atoms with Crippen molar-refractivity contribution in [1.82, 2.24) is 4.90 Å². The zero-order valence-electron chi connectivity index (χ0n) is 11.3. The van der Waals surface area contributed by atoms with Crippen LogP contribution >= 0.6 is 0 Å². The van der Waals surface area contributed by atoms with Gasteiger partial charge in [-0.05, 0) is 12.8 Å². The minimum absolute atomic E-state index is 0.113. The minimum atomic E-state index is -2.30. The van der Waals surface area contributed by atoms with E-state index < -0.39 is 11.6 Å². The SMILES string of the molecule is O=C(CCOCC1CCCO1)N1CCC(F)(C(=O)O)C1. The van der Waals surface area contributed by atoms with Crippen LogP contribution in [-0.2, 0) is 19.1 Å². The lowest BCUT2D eigenvalue weighted by Gasteiger charge is -2.18. The van der Waals surface area contributed by atoms with Gasteiger partial charge in [0.15, 0.2) is 0 Å². The summed E-state index contributed by atoms with van der Waals surface area (Å²) < 4.78 is 24.5. The molecule has 114 valence electrons. The van der Waals surface area contributed by atoms with Crippen molar-refractivity contribution in [2.24, 2.45) is 0 Å². The van der Waals surface area contributed by atoms with Gasteiger partial charge in [-0.1, -0.05) is 0 Å². The number of carboxylic acid groups (broad SMARTS) is 1. The standard InChI is InChI=1S/C13H20FNO5/c14-13(12(17)18)4-5-15(9-13)11(16)3-7-19-8-10-2-1-6-20-10/h10H,1-9H2,(H,17,18). The van der Waals surface area contributed by atoms with Crippen LogP contribution in [0, 0.1) is 0 Å². The summed E-state index contributed by atoms with van der Waals surface area (Å²) in [6.07, 6.45) is 2.12. The highest BCUT2D eigenvalue weighted by Crippen LogP contribution is 2.26. The van der Waals surface area contributed by atoms with E-state index in [1.165, 1.54) is 4.90 Å². The number of hydrogen-bond donors (Lipinski definition) is 1. The first-order valence-electron chi connectivity index (χ1n) is 6.91. The summed E-state index contributed by atoms with van der Waals surface area (Å²) in [7, 11) is 0. The summed E-state index contributed by atoms with van der Waals surface area (Å²) in [5, 5.41) is 8.76. The maximum absolute atomic E-state index is 13.8. The molecule has 0 aliphatic carbocycles. The highest BCUT2D eigenvalue weighted by Gasteiger charge is 2.46. The number of amides is 1. The Hall–Kier alpha value is -1.21. The molecule has 0 radical (unpaired) electrons. The molecule has 1 N–H and O–H groups in total. The van der Waals surface area contributed by atoms with Gasteiger partial charge >= 0.3 is 5.97 Å². The van der Waals surface area contributed by atoms with Gasteiger partial charge in [-0.25, -0.2) is 9.18 Å². The summed E-state index contributed by atoms with van der Waals surface area (Å²) in [5.74, 6) is -1.76. The molecule has 2 unspecified atom stereocenters. The third-order valence-corrected chi connectivity index (χ3v) is 3.74. The Morgan fingerprint density at radius 3 is 2.90 bits per heavy atom. The number of carbonyl (C=O) groups excluding carboxylic acids is 1. The van der Waals surface area contributed by atoms with E-state index in [0.29, 0.717) is 6.61 Å². The molecule has 6 nitrogen and oxygen atoms in total. The van der Waals surface area contributed by atoms with Crippen molar-refractivity contribution in [1.29, 1.82) is 0 Å². The summed E-state index contributed by atoms with van der Waals surface area (Å²) in [4.78, 5) is 23.8. The van der Waals surface area contributed by atoms with Crippen LogP contribution in [0.2, 0.25) is 0 Å². The molecule has 7 heteroatoms. The highest BCUT2D eigenvalue weighted by molar-refractivity contribution is 5.82. The van der Waals surface area contributed by atoms with Crippen LogP contribution in [0.5, 0.6) is 0 Å². The fraction of sp³-hybridized carbons (Fsp3) is 0.846. The molecule has 1 amide bonds. The Balaban J connectivity index is 1.64. The average Bonchev–Trinajstić information content (AvgIpc) is 3.04. The molecule has 0 aromatic heterocycles. The van der Waals surface area contributed by atoms with E-state index in [0.717, 1.165) is 19.4 Å². The molecule has 2 fully saturated rings. The maximum atomic E-state index is 13.8. The number of carboxylic acids is 1. The molecule has 0 spiro atoms. The number of ether oxygens (including phenoxy) is 2. The summed E-state index contributed by atoms with van der Waals surface area (Å²) in [6.45, 7) is 1.26. The van der Waals surface area contributed by atoms with Gasteiger partial charge in [-0.2, -0.15) is 0 Å². The first-order chi connectivity index (χ1) is 9.51. The van der Waals surface area contributed by atoms with E-state index in [1.54, 1.807) is 0 Å². The number of nitrogens with zero attached hydrogens (tertiary/aromatic N) is 1. The van der Waals surface area contributed by atoms with Crippen molar-refractivity contribution in [2.45, 2.75) is 37.5 Å². The first kappa shape index (κ1) is 15.2. The maximum Gasteiger partial charge on any atom is 0.343 e. The van der Waals surface area contributed by atoms with E-state index >= 15 is 0 Å². The van der Waals surface area contributed by atoms with Crippen LogP contribution in [0.15, 0.2) is 0 Å². The molecule has 2 saturated heterocycles. The van der Waals surface area contributed by atoms with Crippen LogP contribution in [0.25, 0.3) is 0 Å². The number of hydrogen-bond acceptors (Lipinski definition) is 4. The second-order valence-electron chi connectivity index (χ2n) is 5.30. The molecule has 2 heterocycles. The molecule has 20 heavy (non-hydrogen) atoms. The van der Waals surface area contributed by atoms with Crippen LogP contribution in [-0.4, -0.2) is 66.6 Å². The molecule has 0 saturated carbocycles. The van der Waals surface area contributed by atoms with Crippen LogP contribution < -0.4 is 0 Å². The van der Waals surface area contributed by atoms with E-state index in [2.05, 4.69) is 0 Å². The van der Waals surface area contributed by atoms with Crippen LogP contribution in [0.1, 0.15) is 25.7 Å². The van der Waals surface area contributed by atoms with Gasteiger partial charge in [0, 0.05) is 19.6 Å². The minimum Gasteiger partial charge on any atom is -0.479 e. The zero-order chi connectivity index (χ0) is 14.6. The van der Waals surface area contributed by atoms with E-state index in [9.17, 15) is 14.0 Å². The summed E-state index contributed by atoms with van der Waals surface area (Å²) in [6, 6.07) is 0. The fourth-order valence-corrected chi connectivity index (χ4v) is 2.47. The highest BCUT2D eigenvalue weighted by atomic mass is 19.1.